The van der Waals surface area contributed by atoms with E-state index < -0.39 is 0 Å². The highest BCUT2D eigenvalue weighted by Crippen LogP contribution is 2.21. The van der Waals surface area contributed by atoms with Gasteiger partial charge in [-0.05, 0) is 37.1 Å². The maximum Gasteiger partial charge on any atom is 0.151 e. The molecule has 0 saturated carbocycles. The largest absolute Gasteiger partial charge is 0.399 e. The van der Waals surface area contributed by atoms with Crippen molar-refractivity contribution in [2.24, 2.45) is 0 Å². The van der Waals surface area contributed by atoms with Gasteiger partial charge in [0, 0.05) is 18.7 Å². The highest BCUT2D eigenvalue weighted by molar-refractivity contribution is 5.76. The summed E-state index contributed by atoms with van der Waals surface area (Å²) in [7, 11) is 0. The first-order valence-corrected chi connectivity index (χ1v) is 7.17. The lowest BCUT2D eigenvalue weighted by molar-refractivity contribution is 0.637. The van der Waals surface area contributed by atoms with E-state index in [4.69, 9.17) is 5.73 Å². The van der Waals surface area contributed by atoms with E-state index in [1.54, 1.807) is 6.07 Å². The van der Waals surface area contributed by atoms with Crippen LogP contribution in [-0.2, 0) is 19.4 Å². The summed E-state index contributed by atoms with van der Waals surface area (Å²) >= 11 is 0. The van der Waals surface area contributed by atoms with Gasteiger partial charge in [-0.1, -0.05) is 24.3 Å². The van der Waals surface area contributed by atoms with Crippen molar-refractivity contribution in [3.05, 3.63) is 59.7 Å². The van der Waals surface area contributed by atoms with E-state index in [-0.39, 0.29) is 5.82 Å². The van der Waals surface area contributed by atoms with Gasteiger partial charge in [0.2, 0.25) is 0 Å². The van der Waals surface area contributed by atoms with Crippen LogP contribution >= 0.6 is 0 Å². The zero-order valence-electron chi connectivity index (χ0n) is 12.0. The van der Waals surface area contributed by atoms with Crippen molar-refractivity contribution >= 4 is 16.7 Å². The molecule has 3 aromatic rings. The molecule has 1 aromatic heterocycles. The first kappa shape index (κ1) is 13.6. The fraction of sp³-hybridized carbons (Fsp3) is 0.235. The van der Waals surface area contributed by atoms with Gasteiger partial charge in [-0.2, -0.15) is 0 Å². The third-order valence-electron chi connectivity index (χ3n) is 3.80. The summed E-state index contributed by atoms with van der Waals surface area (Å²) in [6.45, 7) is 2.83. The molecule has 0 spiro atoms. The lowest BCUT2D eigenvalue weighted by Gasteiger charge is -2.07. The molecule has 0 radical (unpaired) electrons. The van der Waals surface area contributed by atoms with Crippen LogP contribution in [0.25, 0.3) is 11.0 Å². The first-order chi connectivity index (χ1) is 10.2. The third-order valence-corrected chi connectivity index (χ3v) is 3.80. The van der Waals surface area contributed by atoms with Crippen molar-refractivity contribution in [2.75, 3.05) is 5.73 Å². The van der Waals surface area contributed by atoms with Crippen molar-refractivity contribution < 1.29 is 4.39 Å². The van der Waals surface area contributed by atoms with Crippen LogP contribution in [0.3, 0.4) is 0 Å². The quantitative estimate of drug-likeness (QED) is 0.744. The zero-order valence-corrected chi connectivity index (χ0v) is 12.0. The van der Waals surface area contributed by atoms with Gasteiger partial charge in [0.15, 0.2) is 5.82 Å². The number of aromatic nitrogens is 2. The summed E-state index contributed by atoms with van der Waals surface area (Å²) < 4.78 is 15.9. The second-order valence-electron chi connectivity index (χ2n) is 5.08. The molecule has 3 rings (SSSR count). The van der Waals surface area contributed by atoms with Crippen LogP contribution < -0.4 is 5.73 Å². The molecule has 0 bridgehead atoms. The Balaban J connectivity index is 1.94. The predicted molar refractivity (Wildman–Crippen MR) is 83.6 cm³/mol. The standard InChI is InChI=1S/C17H18FN3/c1-2-21-15-9-5-7-13(18)17(15)20-16(21)11-10-12-6-3-4-8-14(12)19/h3-9H,2,10-11,19H2,1H3. The molecule has 0 aliphatic heterocycles. The van der Waals surface area contributed by atoms with Crippen molar-refractivity contribution in [3.8, 4) is 0 Å². The minimum Gasteiger partial charge on any atom is -0.399 e. The molecule has 0 amide bonds. The topological polar surface area (TPSA) is 43.8 Å². The van der Waals surface area contributed by atoms with Gasteiger partial charge in [-0.25, -0.2) is 9.37 Å². The van der Waals surface area contributed by atoms with Crippen LogP contribution in [0.5, 0.6) is 0 Å². The van der Waals surface area contributed by atoms with Gasteiger partial charge >= 0.3 is 0 Å². The molecule has 0 unspecified atom stereocenters. The lowest BCUT2D eigenvalue weighted by Crippen LogP contribution is -2.04. The Bertz CT molecular complexity index is 777. The fourth-order valence-electron chi connectivity index (χ4n) is 2.71. The second-order valence-corrected chi connectivity index (χ2v) is 5.08. The number of hydrogen-bond donors (Lipinski definition) is 1. The number of rotatable bonds is 4. The highest BCUT2D eigenvalue weighted by Gasteiger charge is 2.12. The van der Waals surface area contributed by atoms with E-state index in [1.165, 1.54) is 6.07 Å². The summed E-state index contributed by atoms with van der Waals surface area (Å²) in [5.74, 6) is 0.640. The molecule has 0 atom stereocenters. The van der Waals surface area contributed by atoms with E-state index in [9.17, 15) is 4.39 Å². The fourth-order valence-corrected chi connectivity index (χ4v) is 2.71. The van der Waals surface area contributed by atoms with Gasteiger partial charge in [0.1, 0.15) is 11.3 Å². The lowest BCUT2D eigenvalue weighted by atomic mass is 10.1. The van der Waals surface area contributed by atoms with Crippen LogP contribution in [-0.4, -0.2) is 9.55 Å². The summed E-state index contributed by atoms with van der Waals surface area (Å²) in [6, 6.07) is 12.9. The smallest absolute Gasteiger partial charge is 0.151 e. The van der Waals surface area contributed by atoms with Crippen molar-refractivity contribution in [3.63, 3.8) is 0 Å². The van der Waals surface area contributed by atoms with E-state index in [2.05, 4.69) is 9.55 Å². The van der Waals surface area contributed by atoms with Crippen LogP contribution in [0.15, 0.2) is 42.5 Å². The third kappa shape index (κ3) is 2.49. The number of fused-ring (bicyclic) bond motifs is 1. The average molecular weight is 283 g/mol. The molecule has 2 aromatic carbocycles. The number of nitrogen functional groups attached to an aromatic ring is 1. The summed E-state index contributed by atoms with van der Waals surface area (Å²) in [4.78, 5) is 4.47. The highest BCUT2D eigenvalue weighted by atomic mass is 19.1. The zero-order chi connectivity index (χ0) is 14.8. The molecule has 4 heteroatoms. The van der Waals surface area contributed by atoms with Crippen molar-refractivity contribution in [2.45, 2.75) is 26.3 Å². The molecule has 1 heterocycles. The summed E-state index contributed by atoms with van der Waals surface area (Å²) in [5, 5.41) is 0. The minimum absolute atomic E-state index is 0.264. The van der Waals surface area contributed by atoms with Gasteiger partial charge in [-0.15, -0.1) is 0 Å². The normalized spacial score (nSPS) is 11.1. The molecule has 3 nitrogen and oxygen atoms in total. The van der Waals surface area contributed by atoms with E-state index in [1.807, 2.05) is 37.3 Å². The molecule has 0 aliphatic rings. The van der Waals surface area contributed by atoms with Gasteiger partial charge in [0.25, 0.3) is 0 Å². The average Bonchev–Trinajstić information content (AvgIpc) is 2.85. The number of imidazole rings is 1. The number of nitrogens with two attached hydrogens (primary N) is 1. The molecular weight excluding hydrogens is 265 g/mol. The number of hydrogen-bond acceptors (Lipinski definition) is 2. The molecule has 21 heavy (non-hydrogen) atoms. The molecule has 0 fully saturated rings. The molecule has 0 saturated heterocycles. The summed E-state index contributed by atoms with van der Waals surface area (Å²) in [5.41, 5.74) is 9.18. The van der Waals surface area contributed by atoms with E-state index in [0.717, 1.165) is 42.0 Å². The number of nitrogens with zero attached hydrogens (tertiary/aromatic N) is 2. The van der Waals surface area contributed by atoms with Gasteiger partial charge in [0.05, 0.1) is 5.52 Å². The molecule has 108 valence electrons. The molecule has 0 aliphatic carbocycles. The van der Waals surface area contributed by atoms with Gasteiger partial charge < -0.3 is 10.3 Å². The number of para-hydroxylation sites is 2. The second kappa shape index (κ2) is 5.56. The number of benzene rings is 2. The maximum absolute atomic E-state index is 13.8. The van der Waals surface area contributed by atoms with Crippen molar-refractivity contribution in [1.82, 2.24) is 9.55 Å². The molecular formula is C17H18FN3. The Labute approximate surface area is 123 Å². The Hall–Kier alpha value is -2.36. The Kier molecular flexibility index (Phi) is 3.60. The SMILES string of the molecule is CCn1c(CCc2ccccc2N)nc2c(F)cccc21. The number of anilines is 1. The molecule has 2 N–H and O–H groups in total. The van der Waals surface area contributed by atoms with E-state index >= 15 is 0 Å². The Morgan fingerprint density at radius 2 is 1.90 bits per heavy atom. The monoisotopic (exact) mass is 283 g/mol. The van der Waals surface area contributed by atoms with Crippen LogP contribution in [0.1, 0.15) is 18.3 Å². The maximum atomic E-state index is 13.8. The van der Waals surface area contributed by atoms with Gasteiger partial charge in [-0.3, -0.25) is 0 Å². The Morgan fingerprint density at radius 3 is 2.67 bits per heavy atom. The van der Waals surface area contributed by atoms with Crippen LogP contribution in [0.4, 0.5) is 10.1 Å². The predicted octanol–water partition coefficient (Wildman–Crippen LogP) is 3.56. The minimum atomic E-state index is -0.264. The first-order valence-electron chi connectivity index (χ1n) is 7.17. The Morgan fingerprint density at radius 1 is 1.10 bits per heavy atom. The van der Waals surface area contributed by atoms with Crippen molar-refractivity contribution in [1.29, 1.82) is 0 Å². The number of aryl methyl sites for hydroxylation is 3. The van der Waals surface area contributed by atoms with Crippen LogP contribution in [0.2, 0.25) is 0 Å². The van der Waals surface area contributed by atoms with Crippen LogP contribution in [0, 0.1) is 5.82 Å². The van der Waals surface area contributed by atoms with E-state index in [0.29, 0.717) is 5.52 Å². The number of halogens is 1. The summed E-state index contributed by atoms with van der Waals surface area (Å²) in [6.07, 6.45) is 1.55.